The molecule has 0 amide bonds. The standard InChI is InChI=1S/C24H31ClF2N6O/c1-3-15-16-9-13(2)19-17-20(18(27)21(25)29-19)30-23(31-22(17)33(16)8-6-28-15)34-12-24-5-4-7-32(24)11-14(26)10-24/h13-16,28H,3-12H2,1-2H3/t13-,14-,15+,16-,24+/m1/s1. The normalized spacial score (nSPS) is 33.1. The SMILES string of the molecule is CC[C@@H]1NCCN2c3nc(OC[C@@]45CCCN4C[C@H](F)C5)nc4c(F)c(Cl)nc(c34)[C@H](C)C[C@H]12. The predicted octanol–water partition coefficient (Wildman–Crippen LogP) is 3.84. The number of piperazine rings is 1. The lowest BCUT2D eigenvalue weighted by atomic mass is 9.91. The molecule has 0 bridgehead atoms. The second-order valence-corrected chi connectivity index (χ2v) is 10.7. The van der Waals surface area contributed by atoms with Crippen LogP contribution in [-0.2, 0) is 0 Å². The van der Waals surface area contributed by atoms with Gasteiger partial charge in [-0.15, -0.1) is 0 Å². The molecule has 6 rings (SSSR count). The molecule has 7 nitrogen and oxygen atoms in total. The minimum atomic E-state index is -0.843. The van der Waals surface area contributed by atoms with E-state index in [0.717, 1.165) is 51.0 Å². The Morgan fingerprint density at radius 3 is 2.94 bits per heavy atom. The van der Waals surface area contributed by atoms with Crippen molar-refractivity contribution in [2.45, 2.75) is 75.7 Å². The first-order chi connectivity index (χ1) is 16.4. The fourth-order valence-corrected chi connectivity index (χ4v) is 6.92. The fourth-order valence-electron chi connectivity index (χ4n) is 6.74. The van der Waals surface area contributed by atoms with E-state index in [0.29, 0.717) is 36.8 Å². The van der Waals surface area contributed by atoms with Crippen LogP contribution in [-0.4, -0.2) is 76.4 Å². The number of aromatic nitrogens is 3. The van der Waals surface area contributed by atoms with Gasteiger partial charge in [0.15, 0.2) is 11.0 Å². The number of nitrogens with one attached hydrogen (secondary N) is 1. The smallest absolute Gasteiger partial charge is 0.319 e. The predicted molar refractivity (Wildman–Crippen MR) is 127 cm³/mol. The van der Waals surface area contributed by atoms with Crippen LogP contribution in [0.1, 0.15) is 57.6 Å². The van der Waals surface area contributed by atoms with E-state index in [1.165, 1.54) is 0 Å². The van der Waals surface area contributed by atoms with Crippen molar-refractivity contribution >= 4 is 28.3 Å². The average Bonchev–Trinajstić information content (AvgIpc) is 3.31. The van der Waals surface area contributed by atoms with Crippen LogP contribution in [0.2, 0.25) is 5.15 Å². The zero-order valence-electron chi connectivity index (χ0n) is 19.7. The van der Waals surface area contributed by atoms with E-state index in [1.54, 1.807) is 0 Å². The Morgan fingerprint density at radius 1 is 1.26 bits per heavy atom. The van der Waals surface area contributed by atoms with Gasteiger partial charge >= 0.3 is 6.01 Å². The van der Waals surface area contributed by atoms with Gasteiger partial charge in [0.1, 0.15) is 24.1 Å². The Hall–Kier alpha value is -1.84. The molecular weight excluding hydrogens is 462 g/mol. The number of alkyl halides is 1. The van der Waals surface area contributed by atoms with Crippen molar-refractivity contribution in [1.29, 1.82) is 0 Å². The number of fused-ring (bicyclic) bond motifs is 3. The van der Waals surface area contributed by atoms with Crippen LogP contribution >= 0.6 is 11.6 Å². The van der Waals surface area contributed by atoms with Crippen molar-refractivity contribution in [3.63, 3.8) is 0 Å². The maximum absolute atomic E-state index is 15.3. The topological polar surface area (TPSA) is 66.4 Å². The van der Waals surface area contributed by atoms with Gasteiger partial charge in [0.05, 0.1) is 16.6 Å². The molecule has 0 unspecified atom stereocenters. The zero-order valence-corrected chi connectivity index (χ0v) is 20.4. The molecule has 0 radical (unpaired) electrons. The maximum atomic E-state index is 15.3. The van der Waals surface area contributed by atoms with Crippen molar-refractivity contribution in [3.8, 4) is 6.01 Å². The van der Waals surface area contributed by atoms with E-state index in [-0.39, 0.29) is 34.2 Å². The highest BCUT2D eigenvalue weighted by molar-refractivity contribution is 6.30. The molecule has 10 heteroatoms. The van der Waals surface area contributed by atoms with Crippen LogP contribution in [0, 0.1) is 5.82 Å². The number of hydrogen-bond acceptors (Lipinski definition) is 7. The van der Waals surface area contributed by atoms with Crippen molar-refractivity contribution < 1.29 is 13.5 Å². The van der Waals surface area contributed by atoms with Crippen LogP contribution < -0.4 is 15.0 Å². The van der Waals surface area contributed by atoms with Gasteiger partial charge in [-0.3, -0.25) is 4.90 Å². The second kappa shape index (κ2) is 8.38. The van der Waals surface area contributed by atoms with Crippen molar-refractivity contribution in [1.82, 2.24) is 25.2 Å². The Labute approximate surface area is 203 Å². The molecule has 0 aliphatic carbocycles. The van der Waals surface area contributed by atoms with Gasteiger partial charge in [-0.2, -0.15) is 9.97 Å². The summed E-state index contributed by atoms with van der Waals surface area (Å²) in [6, 6.07) is 0.617. The minimum absolute atomic E-state index is 0.0737. The highest BCUT2D eigenvalue weighted by Crippen LogP contribution is 2.43. The molecule has 184 valence electrons. The quantitative estimate of drug-likeness (QED) is 0.650. The molecule has 5 atom stereocenters. The minimum Gasteiger partial charge on any atom is -0.461 e. The Kier molecular flexibility index (Phi) is 5.57. The third-order valence-corrected chi connectivity index (χ3v) is 8.61. The lowest BCUT2D eigenvalue weighted by Gasteiger charge is -2.42. The molecule has 0 aromatic carbocycles. The van der Waals surface area contributed by atoms with E-state index in [4.69, 9.17) is 21.3 Å². The number of rotatable bonds is 4. The number of halogens is 3. The molecule has 2 aromatic rings. The number of pyridine rings is 1. The first kappa shape index (κ1) is 22.6. The summed E-state index contributed by atoms with van der Waals surface area (Å²) < 4.78 is 35.7. The van der Waals surface area contributed by atoms with Gasteiger partial charge < -0.3 is 15.0 Å². The monoisotopic (exact) mass is 492 g/mol. The lowest BCUT2D eigenvalue weighted by molar-refractivity contribution is 0.107. The third kappa shape index (κ3) is 3.45. The van der Waals surface area contributed by atoms with Gasteiger partial charge in [0, 0.05) is 44.1 Å². The van der Waals surface area contributed by atoms with E-state index in [1.807, 2.05) is 0 Å². The zero-order chi connectivity index (χ0) is 23.6. The molecule has 3 fully saturated rings. The first-order valence-corrected chi connectivity index (χ1v) is 12.9. The summed E-state index contributed by atoms with van der Waals surface area (Å²) in [5.74, 6) is 0.0969. The summed E-state index contributed by atoms with van der Waals surface area (Å²) in [4.78, 5) is 18.2. The van der Waals surface area contributed by atoms with Gasteiger partial charge in [-0.05, 0) is 32.2 Å². The summed E-state index contributed by atoms with van der Waals surface area (Å²) in [5.41, 5.74) is 0.568. The van der Waals surface area contributed by atoms with Crippen LogP contribution in [0.15, 0.2) is 0 Å². The molecule has 1 N–H and O–H groups in total. The molecular formula is C24H31ClF2N6O. The van der Waals surface area contributed by atoms with Crippen LogP contribution in [0.25, 0.3) is 10.9 Å². The molecule has 3 saturated heterocycles. The van der Waals surface area contributed by atoms with Gasteiger partial charge in [-0.25, -0.2) is 13.8 Å². The van der Waals surface area contributed by atoms with E-state index in [9.17, 15) is 4.39 Å². The maximum Gasteiger partial charge on any atom is 0.319 e. The van der Waals surface area contributed by atoms with Crippen molar-refractivity contribution in [3.05, 3.63) is 16.7 Å². The molecule has 0 spiro atoms. The summed E-state index contributed by atoms with van der Waals surface area (Å²) in [7, 11) is 0. The number of anilines is 1. The Morgan fingerprint density at radius 2 is 2.12 bits per heavy atom. The molecule has 0 saturated carbocycles. The summed E-state index contributed by atoms with van der Waals surface area (Å²) >= 11 is 6.23. The van der Waals surface area contributed by atoms with Gasteiger partial charge in [-0.1, -0.05) is 25.4 Å². The summed E-state index contributed by atoms with van der Waals surface area (Å²) in [5, 5.41) is 4.08. The largest absolute Gasteiger partial charge is 0.461 e. The molecule has 34 heavy (non-hydrogen) atoms. The average molecular weight is 493 g/mol. The molecule has 4 aliphatic heterocycles. The van der Waals surface area contributed by atoms with Gasteiger partial charge in [0.2, 0.25) is 0 Å². The van der Waals surface area contributed by atoms with Crippen LogP contribution in [0.3, 0.4) is 0 Å². The van der Waals surface area contributed by atoms with Crippen molar-refractivity contribution in [2.75, 3.05) is 37.7 Å². The summed E-state index contributed by atoms with van der Waals surface area (Å²) in [6.45, 7) is 7.48. The molecule has 4 aliphatic rings. The highest BCUT2D eigenvalue weighted by Gasteiger charge is 2.49. The lowest BCUT2D eigenvalue weighted by Crippen LogP contribution is -2.58. The summed E-state index contributed by atoms with van der Waals surface area (Å²) in [6.07, 6.45) is 3.36. The number of nitrogens with zero attached hydrogens (tertiary/aromatic N) is 5. The third-order valence-electron chi connectivity index (χ3n) is 8.36. The number of hydrogen-bond donors (Lipinski definition) is 1. The highest BCUT2D eigenvalue weighted by atomic mass is 35.5. The Bertz CT molecular complexity index is 1120. The van der Waals surface area contributed by atoms with Crippen LogP contribution in [0.5, 0.6) is 6.01 Å². The number of ether oxygens (including phenoxy) is 1. The van der Waals surface area contributed by atoms with Crippen LogP contribution in [0.4, 0.5) is 14.6 Å². The fraction of sp³-hybridized carbons (Fsp3) is 0.708. The van der Waals surface area contributed by atoms with Crippen molar-refractivity contribution in [2.24, 2.45) is 0 Å². The van der Waals surface area contributed by atoms with E-state index in [2.05, 4.69) is 38.9 Å². The first-order valence-electron chi connectivity index (χ1n) is 12.5. The van der Waals surface area contributed by atoms with E-state index >= 15 is 4.39 Å². The van der Waals surface area contributed by atoms with Gasteiger partial charge in [0.25, 0.3) is 0 Å². The second-order valence-electron chi connectivity index (χ2n) is 10.4. The van der Waals surface area contributed by atoms with E-state index < -0.39 is 12.0 Å². The molecule has 2 aromatic heterocycles. The molecule has 6 heterocycles. The Balaban J connectivity index is 1.44.